The van der Waals surface area contributed by atoms with Crippen molar-refractivity contribution in [2.45, 2.75) is 6.92 Å². The first-order valence-electron chi connectivity index (χ1n) is 7.30. The summed E-state index contributed by atoms with van der Waals surface area (Å²) in [5.41, 5.74) is 1.26. The van der Waals surface area contributed by atoms with Crippen molar-refractivity contribution in [3.63, 3.8) is 0 Å². The number of urea groups is 1. The number of aryl methyl sites for hydroxylation is 1. The molecule has 2 aromatic rings. The number of hydrogen-bond donors (Lipinski definition) is 1. The maximum absolute atomic E-state index is 13.3. The van der Waals surface area contributed by atoms with Crippen LogP contribution in [0, 0.1) is 12.7 Å². The molecule has 0 aromatic heterocycles. The van der Waals surface area contributed by atoms with E-state index in [0.717, 1.165) is 14.9 Å². The van der Waals surface area contributed by atoms with Gasteiger partial charge in [-0.1, -0.05) is 28.1 Å². The minimum absolute atomic E-state index is 0.245. The van der Waals surface area contributed by atoms with Crippen LogP contribution in [0.4, 0.5) is 14.9 Å². The predicted octanol–water partition coefficient (Wildman–Crippen LogP) is 3.56. The summed E-state index contributed by atoms with van der Waals surface area (Å²) in [6.45, 7) is 1.81. The lowest BCUT2D eigenvalue weighted by Gasteiger charge is -2.26. The molecule has 1 N–H and O–H groups in total. The third-order valence-electron chi connectivity index (χ3n) is 3.66. The van der Waals surface area contributed by atoms with Crippen molar-refractivity contribution in [2.24, 2.45) is 0 Å². The van der Waals surface area contributed by atoms with E-state index >= 15 is 0 Å². The largest absolute Gasteiger partial charge is 0.335 e. The van der Waals surface area contributed by atoms with Gasteiger partial charge in [0.15, 0.2) is 0 Å². The molecular formula is C18H12BrFN2O3. The van der Waals surface area contributed by atoms with Gasteiger partial charge in [-0.05, 0) is 54.5 Å². The average Bonchev–Trinajstić information content (AvgIpc) is 2.55. The number of hydrogen-bond acceptors (Lipinski definition) is 3. The molecule has 4 amide bonds. The molecule has 0 atom stereocenters. The number of imide groups is 2. The van der Waals surface area contributed by atoms with Crippen LogP contribution in [0.3, 0.4) is 0 Å². The van der Waals surface area contributed by atoms with Crippen molar-refractivity contribution < 1.29 is 18.8 Å². The number of carbonyl (C=O) groups excluding carboxylic acids is 3. The Bertz CT molecular complexity index is 940. The summed E-state index contributed by atoms with van der Waals surface area (Å²) in [6.07, 6.45) is 1.26. The zero-order valence-electron chi connectivity index (χ0n) is 13.0. The van der Waals surface area contributed by atoms with Crippen LogP contribution in [0.25, 0.3) is 6.08 Å². The minimum atomic E-state index is -0.826. The van der Waals surface area contributed by atoms with Crippen LogP contribution in [0.15, 0.2) is 52.5 Å². The average molecular weight is 403 g/mol. The van der Waals surface area contributed by atoms with Gasteiger partial charge in [-0.2, -0.15) is 0 Å². The smallest absolute Gasteiger partial charge is 0.273 e. The highest BCUT2D eigenvalue weighted by molar-refractivity contribution is 9.10. The molecule has 0 bridgehead atoms. The highest BCUT2D eigenvalue weighted by atomic mass is 79.9. The Balaban J connectivity index is 2.03. The monoisotopic (exact) mass is 402 g/mol. The molecule has 1 aliphatic rings. The fraction of sp³-hybridized carbons (Fsp3) is 0.0556. The summed E-state index contributed by atoms with van der Waals surface area (Å²) in [5.74, 6) is -2.07. The van der Waals surface area contributed by atoms with Crippen molar-refractivity contribution in [3.8, 4) is 0 Å². The maximum Gasteiger partial charge on any atom is 0.335 e. The lowest BCUT2D eigenvalue weighted by atomic mass is 10.1. The van der Waals surface area contributed by atoms with E-state index in [1.165, 1.54) is 24.3 Å². The molecule has 25 heavy (non-hydrogen) atoms. The molecule has 0 aliphatic carbocycles. The number of nitrogens with one attached hydrogen (secondary N) is 1. The van der Waals surface area contributed by atoms with E-state index in [4.69, 9.17) is 0 Å². The number of benzene rings is 2. The van der Waals surface area contributed by atoms with E-state index in [1.807, 2.05) is 6.92 Å². The lowest BCUT2D eigenvalue weighted by molar-refractivity contribution is -0.122. The zero-order chi connectivity index (χ0) is 18.1. The van der Waals surface area contributed by atoms with Gasteiger partial charge in [0.25, 0.3) is 11.8 Å². The Morgan fingerprint density at radius 1 is 1.12 bits per heavy atom. The van der Waals surface area contributed by atoms with Gasteiger partial charge >= 0.3 is 6.03 Å². The number of amides is 4. The number of carbonyl (C=O) groups is 3. The van der Waals surface area contributed by atoms with Crippen molar-refractivity contribution in [1.29, 1.82) is 0 Å². The molecule has 0 radical (unpaired) electrons. The fourth-order valence-corrected chi connectivity index (χ4v) is 2.67. The molecule has 1 heterocycles. The van der Waals surface area contributed by atoms with Gasteiger partial charge in [0.05, 0.1) is 5.69 Å². The number of halogens is 2. The van der Waals surface area contributed by atoms with Crippen LogP contribution in [-0.4, -0.2) is 17.8 Å². The molecule has 0 saturated carbocycles. The zero-order valence-corrected chi connectivity index (χ0v) is 14.6. The Hall–Kier alpha value is -2.80. The minimum Gasteiger partial charge on any atom is -0.273 e. The molecule has 3 rings (SSSR count). The Kier molecular flexibility index (Phi) is 4.50. The topological polar surface area (TPSA) is 66.5 Å². The second-order valence-electron chi connectivity index (χ2n) is 5.45. The number of nitrogens with zero attached hydrogens (tertiary/aromatic N) is 1. The van der Waals surface area contributed by atoms with Crippen LogP contribution >= 0.6 is 15.9 Å². The summed E-state index contributed by atoms with van der Waals surface area (Å²) in [4.78, 5) is 37.8. The summed E-state index contributed by atoms with van der Waals surface area (Å²) in [5, 5.41) is 2.13. The molecule has 0 unspecified atom stereocenters. The van der Waals surface area contributed by atoms with Gasteiger partial charge in [-0.25, -0.2) is 14.1 Å². The lowest BCUT2D eigenvalue weighted by Crippen LogP contribution is -2.54. The number of rotatable bonds is 2. The molecular weight excluding hydrogens is 391 g/mol. The molecule has 1 fully saturated rings. The second-order valence-corrected chi connectivity index (χ2v) is 6.30. The summed E-state index contributed by atoms with van der Waals surface area (Å²) >= 11 is 3.35. The predicted molar refractivity (Wildman–Crippen MR) is 94.3 cm³/mol. The van der Waals surface area contributed by atoms with Crippen LogP contribution in [0.5, 0.6) is 0 Å². The highest BCUT2D eigenvalue weighted by Gasteiger charge is 2.36. The number of barbiturate groups is 1. The first-order valence-corrected chi connectivity index (χ1v) is 8.09. The van der Waals surface area contributed by atoms with Crippen molar-refractivity contribution in [1.82, 2.24) is 5.32 Å². The summed E-state index contributed by atoms with van der Waals surface area (Å²) in [7, 11) is 0. The molecule has 2 aromatic carbocycles. The van der Waals surface area contributed by atoms with Gasteiger partial charge in [0, 0.05) is 4.47 Å². The normalized spacial score (nSPS) is 16.4. The molecule has 7 heteroatoms. The molecule has 126 valence electrons. The Morgan fingerprint density at radius 2 is 1.88 bits per heavy atom. The van der Waals surface area contributed by atoms with Gasteiger partial charge in [-0.3, -0.25) is 14.9 Å². The van der Waals surface area contributed by atoms with Gasteiger partial charge in [0.2, 0.25) is 0 Å². The van der Waals surface area contributed by atoms with Crippen LogP contribution < -0.4 is 10.2 Å². The van der Waals surface area contributed by atoms with E-state index in [9.17, 15) is 18.8 Å². The van der Waals surface area contributed by atoms with Crippen molar-refractivity contribution in [3.05, 3.63) is 69.5 Å². The van der Waals surface area contributed by atoms with E-state index in [0.29, 0.717) is 11.3 Å². The van der Waals surface area contributed by atoms with Crippen molar-refractivity contribution >= 4 is 45.5 Å². The standard InChI is InChI=1S/C18H12BrFN2O3/c1-10-7-13(5-6-15(10)19)22-17(24)14(16(23)21-18(22)25)9-11-3-2-4-12(20)8-11/h2-9H,1H3,(H,21,23,25)/b14-9+. The van der Waals surface area contributed by atoms with Crippen LogP contribution in [0.1, 0.15) is 11.1 Å². The van der Waals surface area contributed by atoms with Crippen molar-refractivity contribution in [2.75, 3.05) is 4.90 Å². The quantitative estimate of drug-likeness (QED) is 0.616. The summed E-state index contributed by atoms with van der Waals surface area (Å²) < 4.78 is 14.1. The maximum atomic E-state index is 13.3. The fourth-order valence-electron chi connectivity index (χ4n) is 2.42. The number of anilines is 1. The third kappa shape index (κ3) is 3.36. The van der Waals surface area contributed by atoms with E-state index in [2.05, 4.69) is 21.2 Å². The first-order chi connectivity index (χ1) is 11.9. The third-order valence-corrected chi connectivity index (χ3v) is 4.55. The molecule has 1 aliphatic heterocycles. The Morgan fingerprint density at radius 3 is 2.56 bits per heavy atom. The van der Waals surface area contributed by atoms with Gasteiger partial charge < -0.3 is 0 Å². The van der Waals surface area contributed by atoms with Gasteiger partial charge in [-0.15, -0.1) is 0 Å². The molecule has 1 saturated heterocycles. The first kappa shape index (κ1) is 17.0. The molecule has 0 spiro atoms. The highest BCUT2D eigenvalue weighted by Crippen LogP contribution is 2.26. The molecule has 5 nitrogen and oxygen atoms in total. The van der Waals surface area contributed by atoms with Crippen LogP contribution in [0.2, 0.25) is 0 Å². The van der Waals surface area contributed by atoms with E-state index < -0.39 is 23.7 Å². The van der Waals surface area contributed by atoms with E-state index in [1.54, 1.807) is 24.3 Å². The summed E-state index contributed by atoms with van der Waals surface area (Å²) in [6, 6.07) is 9.59. The second kappa shape index (κ2) is 6.60. The van der Waals surface area contributed by atoms with Crippen LogP contribution in [-0.2, 0) is 9.59 Å². The van der Waals surface area contributed by atoms with E-state index in [-0.39, 0.29) is 5.57 Å². The Labute approximate surface area is 151 Å². The SMILES string of the molecule is Cc1cc(N2C(=O)NC(=O)/C(=C\c3cccc(F)c3)C2=O)ccc1Br. The van der Waals surface area contributed by atoms with Gasteiger partial charge in [0.1, 0.15) is 11.4 Å².